The van der Waals surface area contributed by atoms with Gasteiger partial charge in [-0.25, -0.2) is 0 Å². The van der Waals surface area contributed by atoms with Crippen LogP contribution in [0.2, 0.25) is 0 Å². The van der Waals surface area contributed by atoms with Gasteiger partial charge < -0.3 is 14.8 Å². The van der Waals surface area contributed by atoms with E-state index in [1.54, 1.807) is 43.5 Å². The lowest BCUT2D eigenvalue weighted by atomic mass is 10.1. The van der Waals surface area contributed by atoms with E-state index in [0.29, 0.717) is 22.7 Å². The van der Waals surface area contributed by atoms with E-state index in [1.807, 2.05) is 32.0 Å². The first kappa shape index (κ1) is 18.1. The van der Waals surface area contributed by atoms with Crippen LogP contribution in [-0.2, 0) is 4.79 Å². The second kappa shape index (κ2) is 8.55. The van der Waals surface area contributed by atoms with Crippen LogP contribution in [-0.4, -0.2) is 19.1 Å². The van der Waals surface area contributed by atoms with Crippen molar-refractivity contribution >= 4 is 17.7 Å². The molecule has 0 atom stereocenters. The standard InChI is InChI=1S/C20H20N2O3/c1-14(2)25-19-10-5-4-7-15(19)11-16(13-21)20(23)22-17-8-6-9-18(12-17)24-3/h4-12,14H,1-3H3,(H,22,23)/b16-11+. The molecule has 0 heterocycles. The maximum Gasteiger partial charge on any atom is 0.266 e. The normalized spacial score (nSPS) is 10.9. The third-order valence-corrected chi connectivity index (χ3v) is 3.27. The summed E-state index contributed by atoms with van der Waals surface area (Å²) in [4.78, 5) is 12.4. The molecule has 25 heavy (non-hydrogen) atoms. The van der Waals surface area contributed by atoms with E-state index in [2.05, 4.69) is 5.32 Å². The number of hydrogen-bond donors (Lipinski definition) is 1. The third-order valence-electron chi connectivity index (χ3n) is 3.27. The minimum atomic E-state index is -0.491. The quantitative estimate of drug-likeness (QED) is 0.638. The van der Waals surface area contributed by atoms with Gasteiger partial charge in [-0.2, -0.15) is 5.26 Å². The predicted octanol–water partition coefficient (Wildman–Crippen LogP) is 4.03. The van der Waals surface area contributed by atoms with Crippen molar-refractivity contribution in [2.75, 3.05) is 12.4 Å². The van der Waals surface area contributed by atoms with Gasteiger partial charge in [0.2, 0.25) is 0 Å². The summed E-state index contributed by atoms with van der Waals surface area (Å²) in [6.07, 6.45) is 1.51. The fraction of sp³-hybridized carbons (Fsp3) is 0.200. The van der Waals surface area contributed by atoms with Crippen molar-refractivity contribution in [1.29, 1.82) is 5.26 Å². The zero-order valence-electron chi connectivity index (χ0n) is 14.4. The highest BCUT2D eigenvalue weighted by molar-refractivity contribution is 6.09. The Hall–Kier alpha value is -3.26. The molecule has 0 fully saturated rings. The van der Waals surface area contributed by atoms with Crippen molar-refractivity contribution in [1.82, 2.24) is 0 Å². The molecule has 0 aliphatic carbocycles. The Morgan fingerprint density at radius 1 is 1.20 bits per heavy atom. The van der Waals surface area contributed by atoms with Gasteiger partial charge in [0.15, 0.2) is 0 Å². The molecule has 0 bridgehead atoms. The van der Waals surface area contributed by atoms with Crippen molar-refractivity contribution in [3.63, 3.8) is 0 Å². The average Bonchev–Trinajstić information content (AvgIpc) is 2.60. The van der Waals surface area contributed by atoms with Gasteiger partial charge in [-0.05, 0) is 38.1 Å². The molecule has 0 saturated carbocycles. The van der Waals surface area contributed by atoms with Crippen LogP contribution in [0.5, 0.6) is 11.5 Å². The number of amides is 1. The largest absolute Gasteiger partial charge is 0.497 e. The van der Waals surface area contributed by atoms with Gasteiger partial charge in [-0.3, -0.25) is 4.79 Å². The number of nitriles is 1. The Kier molecular flexibility index (Phi) is 6.19. The highest BCUT2D eigenvalue weighted by Gasteiger charge is 2.12. The molecular weight excluding hydrogens is 316 g/mol. The summed E-state index contributed by atoms with van der Waals surface area (Å²) in [5.74, 6) is 0.755. The number of anilines is 1. The van der Waals surface area contributed by atoms with Gasteiger partial charge in [-0.1, -0.05) is 24.3 Å². The number of nitrogens with zero attached hydrogens (tertiary/aromatic N) is 1. The summed E-state index contributed by atoms with van der Waals surface area (Å²) in [7, 11) is 1.55. The van der Waals surface area contributed by atoms with E-state index in [4.69, 9.17) is 9.47 Å². The van der Waals surface area contributed by atoms with Crippen molar-refractivity contribution in [2.45, 2.75) is 20.0 Å². The minimum Gasteiger partial charge on any atom is -0.497 e. The number of benzene rings is 2. The van der Waals surface area contributed by atoms with Crippen LogP contribution in [0.4, 0.5) is 5.69 Å². The van der Waals surface area contributed by atoms with Crippen LogP contribution in [0.15, 0.2) is 54.1 Å². The Balaban J connectivity index is 2.25. The van der Waals surface area contributed by atoms with E-state index < -0.39 is 5.91 Å². The summed E-state index contributed by atoms with van der Waals surface area (Å²) < 4.78 is 10.8. The lowest BCUT2D eigenvalue weighted by molar-refractivity contribution is -0.112. The fourth-order valence-electron chi connectivity index (χ4n) is 2.16. The van der Waals surface area contributed by atoms with Gasteiger partial charge in [0.25, 0.3) is 5.91 Å². The maximum absolute atomic E-state index is 12.4. The van der Waals surface area contributed by atoms with Crippen LogP contribution in [0.3, 0.4) is 0 Å². The molecule has 128 valence electrons. The molecule has 1 N–H and O–H groups in total. The zero-order valence-corrected chi connectivity index (χ0v) is 14.4. The number of para-hydroxylation sites is 1. The van der Waals surface area contributed by atoms with Crippen molar-refractivity contribution in [3.05, 3.63) is 59.7 Å². The zero-order chi connectivity index (χ0) is 18.2. The van der Waals surface area contributed by atoms with Crippen LogP contribution in [0.1, 0.15) is 19.4 Å². The average molecular weight is 336 g/mol. The predicted molar refractivity (Wildman–Crippen MR) is 97.4 cm³/mol. The number of rotatable bonds is 6. The lowest BCUT2D eigenvalue weighted by Crippen LogP contribution is -2.13. The van der Waals surface area contributed by atoms with E-state index in [-0.39, 0.29) is 11.7 Å². The molecule has 2 aromatic carbocycles. The van der Waals surface area contributed by atoms with Gasteiger partial charge in [0, 0.05) is 17.3 Å². The summed E-state index contributed by atoms with van der Waals surface area (Å²) in [5, 5.41) is 12.1. The van der Waals surface area contributed by atoms with Gasteiger partial charge in [0.1, 0.15) is 23.1 Å². The maximum atomic E-state index is 12.4. The Morgan fingerprint density at radius 2 is 1.96 bits per heavy atom. The molecular formula is C20H20N2O3. The molecule has 5 nitrogen and oxygen atoms in total. The van der Waals surface area contributed by atoms with Crippen molar-refractivity contribution in [3.8, 4) is 17.6 Å². The van der Waals surface area contributed by atoms with Crippen LogP contribution >= 0.6 is 0 Å². The Bertz CT molecular complexity index is 820. The number of hydrogen-bond acceptors (Lipinski definition) is 4. The Morgan fingerprint density at radius 3 is 2.64 bits per heavy atom. The number of carbonyl (C=O) groups is 1. The molecule has 2 aromatic rings. The van der Waals surface area contributed by atoms with Crippen molar-refractivity contribution < 1.29 is 14.3 Å². The van der Waals surface area contributed by atoms with Crippen molar-refractivity contribution in [2.24, 2.45) is 0 Å². The number of carbonyl (C=O) groups excluding carboxylic acids is 1. The van der Waals surface area contributed by atoms with E-state index in [9.17, 15) is 10.1 Å². The van der Waals surface area contributed by atoms with E-state index >= 15 is 0 Å². The van der Waals surface area contributed by atoms with Gasteiger partial charge >= 0.3 is 0 Å². The number of ether oxygens (including phenoxy) is 2. The summed E-state index contributed by atoms with van der Waals surface area (Å²) in [6, 6.07) is 16.2. The molecule has 0 aromatic heterocycles. The molecule has 0 spiro atoms. The SMILES string of the molecule is COc1cccc(NC(=O)/C(C#N)=C/c2ccccc2OC(C)C)c1. The minimum absolute atomic E-state index is 0.00861. The Labute approximate surface area is 147 Å². The summed E-state index contributed by atoms with van der Waals surface area (Å²) >= 11 is 0. The van der Waals surface area contributed by atoms with Crippen LogP contribution in [0, 0.1) is 11.3 Å². The second-order valence-electron chi connectivity index (χ2n) is 5.56. The monoisotopic (exact) mass is 336 g/mol. The van der Waals surface area contributed by atoms with Gasteiger partial charge in [-0.15, -0.1) is 0 Å². The molecule has 0 radical (unpaired) electrons. The molecule has 0 unspecified atom stereocenters. The third kappa shape index (κ3) is 5.11. The number of methoxy groups -OCH3 is 1. The summed E-state index contributed by atoms with van der Waals surface area (Å²) in [6.45, 7) is 3.84. The number of nitrogens with one attached hydrogen (secondary N) is 1. The molecule has 0 saturated heterocycles. The topological polar surface area (TPSA) is 71.3 Å². The molecule has 0 aliphatic rings. The van der Waals surface area contributed by atoms with E-state index in [1.165, 1.54) is 6.08 Å². The first-order chi connectivity index (χ1) is 12.0. The van der Waals surface area contributed by atoms with Crippen LogP contribution < -0.4 is 14.8 Å². The fourth-order valence-corrected chi connectivity index (χ4v) is 2.16. The smallest absolute Gasteiger partial charge is 0.266 e. The second-order valence-corrected chi connectivity index (χ2v) is 5.56. The molecule has 5 heteroatoms. The first-order valence-electron chi connectivity index (χ1n) is 7.86. The summed E-state index contributed by atoms with van der Waals surface area (Å²) in [5.41, 5.74) is 1.22. The van der Waals surface area contributed by atoms with Gasteiger partial charge in [0.05, 0.1) is 13.2 Å². The van der Waals surface area contributed by atoms with E-state index in [0.717, 1.165) is 0 Å². The van der Waals surface area contributed by atoms with Crippen LogP contribution in [0.25, 0.3) is 6.08 Å². The highest BCUT2D eigenvalue weighted by Crippen LogP contribution is 2.23. The molecule has 2 rings (SSSR count). The lowest BCUT2D eigenvalue weighted by Gasteiger charge is -2.12. The molecule has 1 amide bonds. The highest BCUT2D eigenvalue weighted by atomic mass is 16.5. The first-order valence-corrected chi connectivity index (χ1v) is 7.86. The molecule has 0 aliphatic heterocycles.